The Bertz CT molecular complexity index is 501. The molecule has 0 aliphatic carbocycles. The van der Waals surface area contributed by atoms with Gasteiger partial charge in [-0.2, -0.15) is 0 Å². The van der Waals surface area contributed by atoms with Crippen LogP contribution in [0.25, 0.3) is 0 Å². The quantitative estimate of drug-likeness (QED) is 0.896. The van der Waals surface area contributed by atoms with Crippen LogP contribution in [-0.4, -0.2) is 40.9 Å². The molecule has 0 saturated heterocycles. The molecule has 0 aliphatic heterocycles. The number of rotatable bonds is 5. The number of hydrogen-bond acceptors (Lipinski definition) is 4. The maximum Gasteiger partial charge on any atom is 0.244 e. The van der Waals surface area contributed by atoms with Crippen LogP contribution in [0.1, 0.15) is 5.56 Å². The third-order valence-corrected chi connectivity index (χ3v) is 2.89. The van der Waals surface area contributed by atoms with Crippen molar-refractivity contribution in [2.45, 2.75) is 12.5 Å². The monoisotopic (exact) mass is 270 g/mol. The Morgan fingerprint density at radius 3 is 2.40 bits per heavy atom. The highest BCUT2D eigenvalue weighted by Crippen LogP contribution is 2.09. The molecule has 5 nitrogen and oxygen atoms in total. The molecule has 0 unspecified atom stereocenters. The summed E-state index contributed by atoms with van der Waals surface area (Å²) in [5.74, 6) is 0.463. The molecule has 0 fully saturated rings. The lowest BCUT2D eigenvalue weighted by Crippen LogP contribution is -2.40. The molecule has 1 heterocycles. The van der Waals surface area contributed by atoms with Crippen molar-refractivity contribution in [1.82, 2.24) is 14.9 Å². The third-order valence-electron chi connectivity index (χ3n) is 2.89. The lowest BCUT2D eigenvalue weighted by Gasteiger charge is -2.21. The van der Waals surface area contributed by atoms with Crippen LogP contribution >= 0.6 is 0 Å². The Balaban J connectivity index is 2.15. The van der Waals surface area contributed by atoms with Gasteiger partial charge in [-0.3, -0.25) is 4.79 Å². The summed E-state index contributed by atoms with van der Waals surface area (Å²) in [5.41, 5.74) is 1.09. The van der Waals surface area contributed by atoms with E-state index in [1.807, 2.05) is 30.3 Å². The maximum atomic E-state index is 12.3. The molecule has 1 aromatic heterocycles. The second-order valence-electron chi connectivity index (χ2n) is 4.69. The van der Waals surface area contributed by atoms with Crippen LogP contribution < -0.4 is 5.32 Å². The van der Waals surface area contributed by atoms with E-state index in [1.54, 1.807) is 37.5 Å². The Labute approximate surface area is 118 Å². The molecular formula is C15H18N4O. The van der Waals surface area contributed by atoms with Crippen molar-refractivity contribution in [3.63, 3.8) is 0 Å². The molecule has 2 rings (SSSR count). The molecule has 0 spiro atoms. The fourth-order valence-corrected chi connectivity index (χ4v) is 1.89. The zero-order chi connectivity index (χ0) is 14.4. The number of aromatic nitrogens is 2. The van der Waals surface area contributed by atoms with E-state index < -0.39 is 0 Å². The topological polar surface area (TPSA) is 58.1 Å². The van der Waals surface area contributed by atoms with Crippen molar-refractivity contribution in [2.75, 3.05) is 19.4 Å². The van der Waals surface area contributed by atoms with E-state index in [4.69, 9.17) is 0 Å². The number of carbonyl (C=O) groups excluding carboxylic acids is 1. The van der Waals surface area contributed by atoms with Crippen molar-refractivity contribution < 1.29 is 4.79 Å². The van der Waals surface area contributed by atoms with Gasteiger partial charge in [-0.15, -0.1) is 0 Å². The van der Waals surface area contributed by atoms with Gasteiger partial charge >= 0.3 is 0 Å². The Morgan fingerprint density at radius 1 is 1.15 bits per heavy atom. The third kappa shape index (κ3) is 3.78. The minimum absolute atomic E-state index is 0.00121. The number of likely N-dealkylation sites (N-methyl/N-ethyl adjacent to an activating group) is 1. The summed E-state index contributed by atoms with van der Waals surface area (Å²) in [7, 11) is 3.49. The van der Waals surface area contributed by atoms with Crippen molar-refractivity contribution >= 4 is 11.9 Å². The molecule has 0 aliphatic rings. The SMILES string of the molecule is CN(C)C(=O)[C@@H](Cc1ccccc1)Nc1ncccn1. The molecule has 1 atom stereocenters. The summed E-state index contributed by atoms with van der Waals surface area (Å²) in [4.78, 5) is 22.1. The van der Waals surface area contributed by atoms with Gasteiger partial charge < -0.3 is 10.2 Å². The second-order valence-corrected chi connectivity index (χ2v) is 4.69. The van der Waals surface area contributed by atoms with Crippen LogP contribution in [0.3, 0.4) is 0 Å². The molecule has 0 radical (unpaired) electrons. The van der Waals surface area contributed by atoms with Crippen molar-refractivity contribution in [2.24, 2.45) is 0 Å². The fourth-order valence-electron chi connectivity index (χ4n) is 1.89. The number of benzene rings is 1. The average Bonchev–Trinajstić information content (AvgIpc) is 2.48. The number of amides is 1. The van der Waals surface area contributed by atoms with Crippen LogP contribution in [0.5, 0.6) is 0 Å². The minimum atomic E-state index is -0.380. The van der Waals surface area contributed by atoms with E-state index in [1.165, 1.54) is 0 Å². The number of nitrogens with zero attached hydrogens (tertiary/aromatic N) is 3. The van der Waals surface area contributed by atoms with Gasteiger partial charge in [-0.25, -0.2) is 9.97 Å². The van der Waals surface area contributed by atoms with Gasteiger partial charge in [0.15, 0.2) is 0 Å². The van der Waals surface area contributed by atoms with Crippen molar-refractivity contribution in [3.05, 3.63) is 54.4 Å². The molecule has 0 saturated carbocycles. The molecule has 1 aromatic carbocycles. The highest BCUT2D eigenvalue weighted by Gasteiger charge is 2.21. The van der Waals surface area contributed by atoms with Crippen molar-refractivity contribution in [3.8, 4) is 0 Å². The second kappa shape index (κ2) is 6.65. The van der Waals surface area contributed by atoms with Gasteiger partial charge in [0, 0.05) is 32.9 Å². The highest BCUT2D eigenvalue weighted by atomic mass is 16.2. The molecule has 1 N–H and O–H groups in total. The lowest BCUT2D eigenvalue weighted by molar-refractivity contribution is -0.129. The number of nitrogens with one attached hydrogen (secondary N) is 1. The summed E-state index contributed by atoms with van der Waals surface area (Å²) in [5, 5.41) is 3.10. The van der Waals surface area contributed by atoms with E-state index in [0.29, 0.717) is 12.4 Å². The van der Waals surface area contributed by atoms with Crippen LogP contribution in [0.4, 0.5) is 5.95 Å². The van der Waals surface area contributed by atoms with Gasteiger partial charge in [-0.1, -0.05) is 30.3 Å². The standard InChI is InChI=1S/C15H18N4O/c1-19(2)14(20)13(11-12-7-4-3-5-8-12)18-15-16-9-6-10-17-15/h3-10,13H,11H2,1-2H3,(H,16,17,18)/t13-/m1/s1. The smallest absolute Gasteiger partial charge is 0.244 e. The summed E-state index contributed by atoms with van der Waals surface area (Å²) in [6, 6.07) is 11.3. The zero-order valence-electron chi connectivity index (χ0n) is 11.7. The van der Waals surface area contributed by atoms with E-state index in [2.05, 4.69) is 15.3 Å². The highest BCUT2D eigenvalue weighted by molar-refractivity contribution is 5.84. The fraction of sp³-hybridized carbons (Fsp3) is 0.267. The number of carbonyl (C=O) groups is 1. The maximum absolute atomic E-state index is 12.3. The van der Waals surface area contributed by atoms with E-state index >= 15 is 0 Å². The van der Waals surface area contributed by atoms with Gasteiger partial charge in [0.25, 0.3) is 0 Å². The normalized spacial score (nSPS) is 11.7. The van der Waals surface area contributed by atoms with E-state index in [0.717, 1.165) is 5.56 Å². The van der Waals surface area contributed by atoms with E-state index in [-0.39, 0.29) is 11.9 Å². The predicted octanol–water partition coefficient (Wildman–Crippen LogP) is 1.59. The first-order valence-electron chi connectivity index (χ1n) is 6.45. The van der Waals surface area contributed by atoms with Crippen LogP contribution in [0.15, 0.2) is 48.8 Å². The molecule has 5 heteroatoms. The Hall–Kier alpha value is -2.43. The van der Waals surface area contributed by atoms with Gasteiger partial charge in [0.05, 0.1) is 0 Å². The first-order valence-corrected chi connectivity index (χ1v) is 6.45. The van der Waals surface area contributed by atoms with Gasteiger partial charge in [-0.05, 0) is 11.6 Å². The molecule has 2 aromatic rings. The molecule has 0 bridgehead atoms. The zero-order valence-corrected chi connectivity index (χ0v) is 11.7. The molecular weight excluding hydrogens is 252 g/mol. The molecule has 1 amide bonds. The molecule has 104 valence electrons. The predicted molar refractivity (Wildman–Crippen MR) is 78.3 cm³/mol. The minimum Gasteiger partial charge on any atom is -0.347 e. The van der Waals surface area contributed by atoms with Crippen molar-refractivity contribution in [1.29, 1.82) is 0 Å². The number of anilines is 1. The van der Waals surface area contributed by atoms with Crippen LogP contribution in [0.2, 0.25) is 0 Å². The first-order chi connectivity index (χ1) is 9.66. The summed E-state index contributed by atoms with van der Waals surface area (Å²) < 4.78 is 0. The first kappa shape index (κ1) is 14.0. The summed E-state index contributed by atoms with van der Waals surface area (Å²) in [6.45, 7) is 0. The van der Waals surface area contributed by atoms with Gasteiger partial charge in [0.2, 0.25) is 11.9 Å². The average molecular weight is 270 g/mol. The Kier molecular flexibility index (Phi) is 4.65. The summed E-state index contributed by atoms with van der Waals surface area (Å²) >= 11 is 0. The largest absolute Gasteiger partial charge is 0.347 e. The number of hydrogen-bond donors (Lipinski definition) is 1. The van der Waals surface area contributed by atoms with Crippen LogP contribution in [-0.2, 0) is 11.2 Å². The summed E-state index contributed by atoms with van der Waals surface area (Å²) in [6.07, 6.45) is 3.89. The van der Waals surface area contributed by atoms with Crippen LogP contribution in [0, 0.1) is 0 Å². The molecule has 20 heavy (non-hydrogen) atoms. The lowest BCUT2D eigenvalue weighted by atomic mass is 10.1. The van der Waals surface area contributed by atoms with Gasteiger partial charge in [0.1, 0.15) is 6.04 Å². The Morgan fingerprint density at radius 2 is 1.80 bits per heavy atom. The van der Waals surface area contributed by atoms with E-state index in [9.17, 15) is 4.79 Å².